The molecule has 0 aromatic heterocycles. The predicted molar refractivity (Wildman–Crippen MR) is 68.8 cm³/mol. The molecule has 1 aromatic carbocycles. The maximum absolute atomic E-state index is 5.87. The van der Waals surface area contributed by atoms with Gasteiger partial charge in [0, 0.05) is 6.07 Å². The minimum Gasteiger partial charge on any atom is -1.00 e. The molecule has 5 heteroatoms. The molecule has 17 heavy (non-hydrogen) atoms. The number of benzene rings is 1. The molecule has 0 heterocycles. The van der Waals surface area contributed by atoms with Gasteiger partial charge in [0.1, 0.15) is 5.75 Å². The largest absolute Gasteiger partial charge is 1.00 e. The van der Waals surface area contributed by atoms with E-state index in [9.17, 15) is 0 Å². The SMILES string of the molecule is COc1ccc(N)c(NCC[N+](C)(C)C)c1.[Cl-]. The van der Waals surface area contributed by atoms with Gasteiger partial charge < -0.3 is 32.7 Å². The van der Waals surface area contributed by atoms with E-state index in [0.29, 0.717) is 0 Å². The maximum Gasteiger partial charge on any atom is 0.121 e. The van der Waals surface area contributed by atoms with E-state index < -0.39 is 0 Å². The zero-order chi connectivity index (χ0) is 12.2. The lowest BCUT2D eigenvalue weighted by molar-refractivity contribution is -0.868. The Morgan fingerprint density at radius 1 is 1.29 bits per heavy atom. The van der Waals surface area contributed by atoms with Gasteiger partial charge in [-0.05, 0) is 12.1 Å². The van der Waals surface area contributed by atoms with Gasteiger partial charge in [-0.15, -0.1) is 0 Å². The fraction of sp³-hybridized carbons (Fsp3) is 0.500. The van der Waals surface area contributed by atoms with Crippen molar-refractivity contribution in [2.24, 2.45) is 0 Å². The lowest BCUT2D eigenvalue weighted by Crippen LogP contribution is -3.00. The monoisotopic (exact) mass is 259 g/mol. The third-order valence-electron chi connectivity index (χ3n) is 2.36. The van der Waals surface area contributed by atoms with E-state index in [2.05, 4.69) is 26.5 Å². The Labute approximate surface area is 110 Å². The van der Waals surface area contributed by atoms with Gasteiger partial charge in [-0.2, -0.15) is 0 Å². The van der Waals surface area contributed by atoms with E-state index in [-0.39, 0.29) is 12.4 Å². The van der Waals surface area contributed by atoms with Crippen LogP contribution in [0.25, 0.3) is 0 Å². The van der Waals surface area contributed by atoms with Crippen molar-refractivity contribution in [3.63, 3.8) is 0 Å². The second-order valence-electron chi connectivity index (χ2n) is 4.89. The van der Waals surface area contributed by atoms with E-state index in [0.717, 1.165) is 34.7 Å². The number of halogens is 1. The molecule has 0 radical (unpaired) electrons. The van der Waals surface area contributed by atoms with Crippen LogP contribution in [0.4, 0.5) is 11.4 Å². The Kier molecular flexibility index (Phi) is 6.13. The van der Waals surface area contributed by atoms with Gasteiger partial charge in [-0.1, -0.05) is 0 Å². The molecule has 0 aliphatic carbocycles. The number of methoxy groups -OCH3 is 1. The first-order chi connectivity index (χ1) is 7.42. The number of hydrogen-bond acceptors (Lipinski definition) is 3. The van der Waals surface area contributed by atoms with Crippen molar-refractivity contribution in [2.45, 2.75) is 0 Å². The molecule has 4 nitrogen and oxygen atoms in total. The second kappa shape index (κ2) is 6.57. The summed E-state index contributed by atoms with van der Waals surface area (Å²) >= 11 is 0. The highest BCUT2D eigenvalue weighted by Gasteiger charge is 2.07. The molecule has 0 unspecified atom stereocenters. The Hall–Kier alpha value is -1.13. The molecule has 3 N–H and O–H groups in total. The van der Waals surface area contributed by atoms with Crippen molar-refractivity contribution >= 4 is 11.4 Å². The molecule has 0 amide bonds. The molecular weight excluding hydrogens is 238 g/mol. The standard InChI is InChI=1S/C12H22N3O.ClH/c1-15(2,3)8-7-14-12-9-10(16-4)5-6-11(12)13;/h5-6,9,14H,7-8,13H2,1-4H3;1H/q+1;/p-1. The summed E-state index contributed by atoms with van der Waals surface area (Å²) < 4.78 is 6.09. The van der Waals surface area contributed by atoms with Crippen LogP contribution >= 0.6 is 0 Å². The molecular formula is C12H22ClN3O. The first kappa shape index (κ1) is 15.9. The van der Waals surface area contributed by atoms with E-state index in [1.165, 1.54) is 0 Å². The van der Waals surface area contributed by atoms with Crippen LogP contribution in [-0.2, 0) is 0 Å². The number of nitrogens with two attached hydrogens (primary N) is 1. The quantitative estimate of drug-likeness (QED) is 0.495. The third-order valence-corrected chi connectivity index (χ3v) is 2.36. The topological polar surface area (TPSA) is 47.3 Å². The number of nitrogens with one attached hydrogen (secondary N) is 1. The molecule has 1 aromatic rings. The average molecular weight is 260 g/mol. The maximum atomic E-state index is 5.87. The fourth-order valence-electron chi connectivity index (χ4n) is 1.34. The van der Waals surface area contributed by atoms with Crippen LogP contribution in [0.1, 0.15) is 0 Å². The summed E-state index contributed by atoms with van der Waals surface area (Å²) in [6, 6.07) is 5.64. The minimum absolute atomic E-state index is 0. The van der Waals surface area contributed by atoms with Crippen molar-refractivity contribution in [2.75, 3.05) is 52.4 Å². The van der Waals surface area contributed by atoms with Crippen LogP contribution in [0.5, 0.6) is 5.75 Å². The number of ether oxygens (including phenoxy) is 1. The van der Waals surface area contributed by atoms with Gasteiger partial charge in [0.05, 0.1) is 52.7 Å². The highest BCUT2D eigenvalue weighted by Crippen LogP contribution is 2.23. The highest BCUT2D eigenvalue weighted by atomic mass is 35.5. The van der Waals surface area contributed by atoms with E-state index in [1.54, 1.807) is 7.11 Å². The van der Waals surface area contributed by atoms with E-state index >= 15 is 0 Å². The number of rotatable bonds is 5. The average Bonchev–Trinajstić information content (AvgIpc) is 2.19. The van der Waals surface area contributed by atoms with Crippen LogP contribution in [0.3, 0.4) is 0 Å². The zero-order valence-electron chi connectivity index (χ0n) is 11.0. The summed E-state index contributed by atoms with van der Waals surface area (Å²) in [5.74, 6) is 0.821. The lowest BCUT2D eigenvalue weighted by atomic mass is 10.2. The fourth-order valence-corrected chi connectivity index (χ4v) is 1.34. The molecule has 0 bridgehead atoms. The second-order valence-corrected chi connectivity index (χ2v) is 4.89. The van der Waals surface area contributed by atoms with Crippen molar-refractivity contribution in [3.8, 4) is 5.75 Å². The summed E-state index contributed by atoms with van der Waals surface area (Å²) in [5, 5.41) is 3.32. The van der Waals surface area contributed by atoms with Gasteiger partial charge in [-0.25, -0.2) is 0 Å². The first-order valence-corrected chi connectivity index (χ1v) is 5.40. The van der Waals surface area contributed by atoms with Crippen LogP contribution in [0.15, 0.2) is 18.2 Å². The summed E-state index contributed by atoms with van der Waals surface area (Å²) in [7, 11) is 8.14. The van der Waals surface area contributed by atoms with Gasteiger partial charge in [0.15, 0.2) is 0 Å². The van der Waals surface area contributed by atoms with Crippen molar-refractivity contribution in [1.82, 2.24) is 0 Å². The predicted octanol–water partition coefficient (Wildman–Crippen LogP) is -1.60. The molecule has 0 spiro atoms. The summed E-state index contributed by atoms with van der Waals surface area (Å²) in [5.41, 5.74) is 7.56. The van der Waals surface area contributed by atoms with Gasteiger partial charge in [0.2, 0.25) is 0 Å². The smallest absolute Gasteiger partial charge is 0.121 e. The summed E-state index contributed by atoms with van der Waals surface area (Å²) in [6.07, 6.45) is 0. The zero-order valence-corrected chi connectivity index (χ0v) is 11.7. The van der Waals surface area contributed by atoms with E-state index in [1.807, 2.05) is 18.2 Å². The minimum atomic E-state index is 0. The number of nitrogen functional groups attached to an aromatic ring is 1. The normalized spacial score (nSPS) is 10.6. The van der Waals surface area contributed by atoms with Crippen LogP contribution in [0.2, 0.25) is 0 Å². The lowest BCUT2D eigenvalue weighted by Gasteiger charge is -2.24. The number of anilines is 2. The van der Waals surface area contributed by atoms with Crippen LogP contribution in [-0.4, -0.2) is 45.8 Å². The Morgan fingerprint density at radius 3 is 2.47 bits per heavy atom. The van der Waals surface area contributed by atoms with Gasteiger partial charge >= 0.3 is 0 Å². The van der Waals surface area contributed by atoms with Crippen LogP contribution < -0.4 is 28.2 Å². The molecule has 0 atom stereocenters. The molecule has 0 saturated heterocycles. The first-order valence-electron chi connectivity index (χ1n) is 5.40. The molecule has 98 valence electrons. The van der Waals surface area contributed by atoms with Gasteiger partial charge in [0.25, 0.3) is 0 Å². The Balaban J connectivity index is 0.00000256. The summed E-state index contributed by atoms with van der Waals surface area (Å²) in [6.45, 7) is 1.93. The molecule has 0 saturated carbocycles. The van der Waals surface area contributed by atoms with Crippen molar-refractivity contribution < 1.29 is 21.6 Å². The number of likely N-dealkylation sites (N-methyl/N-ethyl adjacent to an activating group) is 1. The van der Waals surface area contributed by atoms with Crippen LogP contribution in [0, 0.1) is 0 Å². The Bertz CT molecular complexity index is 350. The number of quaternary nitrogens is 1. The number of nitrogens with zero attached hydrogens (tertiary/aromatic N) is 1. The third kappa shape index (κ3) is 5.65. The molecule has 0 aliphatic heterocycles. The molecule has 0 fully saturated rings. The number of hydrogen-bond donors (Lipinski definition) is 2. The van der Waals surface area contributed by atoms with Crippen molar-refractivity contribution in [1.29, 1.82) is 0 Å². The molecule has 0 aliphatic rings. The highest BCUT2D eigenvalue weighted by molar-refractivity contribution is 5.68. The van der Waals surface area contributed by atoms with E-state index in [4.69, 9.17) is 10.5 Å². The summed E-state index contributed by atoms with van der Waals surface area (Å²) in [4.78, 5) is 0. The van der Waals surface area contributed by atoms with Gasteiger partial charge in [-0.3, -0.25) is 0 Å². The molecule has 1 rings (SSSR count). The van der Waals surface area contributed by atoms with Crippen molar-refractivity contribution in [3.05, 3.63) is 18.2 Å². The Morgan fingerprint density at radius 2 is 1.94 bits per heavy atom.